The van der Waals surface area contributed by atoms with Gasteiger partial charge in [-0.3, -0.25) is 5.41 Å². The maximum atomic E-state index is 12.4. The Bertz CT molecular complexity index is 768. The van der Waals surface area contributed by atoms with Crippen molar-refractivity contribution in [2.75, 3.05) is 32.5 Å². The first-order valence-corrected chi connectivity index (χ1v) is 7.95. The van der Waals surface area contributed by atoms with Gasteiger partial charge in [-0.25, -0.2) is 0 Å². The van der Waals surface area contributed by atoms with E-state index >= 15 is 0 Å². The Balaban J connectivity index is 1.79. The van der Waals surface area contributed by atoms with Gasteiger partial charge in [0, 0.05) is 43.6 Å². The smallest absolute Gasteiger partial charge is 0.406 e. The first-order chi connectivity index (χ1) is 12.3. The molecule has 1 fully saturated rings. The highest BCUT2D eigenvalue weighted by atomic mass is 19.4. The second-order valence-corrected chi connectivity index (χ2v) is 6.00. The molecule has 26 heavy (non-hydrogen) atoms. The highest BCUT2D eigenvalue weighted by Crippen LogP contribution is 2.28. The highest BCUT2D eigenvalue weighted by Gasteiger charge is 2.32. The number of dihydropyridines is 1. The Labute approximate surface area is 148 Å². The fourth-order valence-electron chi connectivity index (χ4n) is 2.79. The molecule has 1 saturated heterocycles. The number of likely N-dealkylation sites (tertiary alicyclic amines) is 1. The van der Waals surface area contributed by atoms with Crippen molar-refractivity contribution >= 4 is 11.4 Å². The van der Waals surface area contributed by atoms with Crippen molar-refractivity contribution in [3.63, 3.8) is 0 Å². The van der Waals surface area contributed by atoms with Crippen LogP contribution in [0.1, 0.15) is 5.56 Å². The molecule has 1 aromatic carbocycles. The normalized spacial score (nSPS) is 17.8. The largest absolute Gasteiger partial charge is 0.573 e. The summed E-state index contributed by atoms with van der Waals surface area (Å²) in [5.74, 6) is 0.442. The van der Waals surface area contributed by atoms with Gasteiger partial charge in [-0.1, -0.05) is 6.08 Å². The van der Waals surface area contributed by atoms with Gasteiger partial charge in [0.1, 0.15) is 11.6 Å². The molecule has 9 heteroatoms. The van der Waals surface area contributed by atoms with Crippen molar-refractivity contribution in [3.8, 4) is 5.75 Å². The monoisotopic (exact) mass is 368 g/mol. The van der Waals surface area contributed by atoms with E-state index < -0.39 is 12.1 Å². The number of benzene rings is 1. The minimum absolute atomic E-state index is 0.0398. The molecule has 0 unspecified atom stereocenters. The third kappa shape index (κ3) is 3.93. The maximum Gasteiger partial charge on any atom is 0.573 e. The van der Waals surface area contributed by atoms with Crippen LogP contribution in [0, 0.1) is 5.41 Å². The predicted molar refractivity (Wildman–Crippen MR) is 90.9 cm³/mol. The van der Waals surface area contributed by atoms with E-state index in [1.165, 1.54) is 6.07 Å². The quantitative estimate of drug-likeness (QED) is 0.548. The minimum Gasteiger partial charge on any atom is -0.406 e. The number of alkyl halides is 3. The molecule has 6 nitrogen and oxygen atoms in total. The molecular formula is C17H19F3N4O2. The molecule has 2 heterocycles. The van der Waals surface area contributed by atoms with E-state index in [1.54, 1.807) is 19.3 Å². The number of nitrogens with one attached hydrogen (secondary N) is 2. The predicted octanol–water partition coefficient (Wildman–Crippen LogP) is 2.24. The SMILES string of the molecule is COC1CN(C2=CC(C(=N)c3cc(OC(F)(F)F)ccc3N)=CCN2)C1. The van der Waals surface area contributed by atoms with Crippen molar-refractivity contribution in [2.24, 2.45) is 0 Å². The van der Waals surface area contributed by atoms with Gasteiger partial charge in [0.2, 0.25) is 0 Å². The number of nitrogens with zero attached hydrogens (tertiary/aromatic N) is 1. The van der Waals surface area contributed by atoms with Crippen LogP contribution in [0.5, 0.6) is 5.75 Å². The van der Waals surface area contributed by atoms with Crippen LogP contribution in [0.2, 0.25) is 0 Å². The average molecular weight is 368 g/mol. The summed E-state index contributed by atoms with van der Waals surface area (Å²) in [5.41, 5.74) is 6.88. The lowest BCUT2D eigenvalue weighted by Gasteiger charge is -2.42. The standard InChI is InChI=1S/C17H19F3N4O2/c1-25-12-8-24(9-12)15-6-10(4-5-23-15)16(22)13-7-11(2-3-14(13)21)26-17(18,19)20/h2-4,6-7,12,22-23H,5,8-9,21H2,1H3. The fraction of sp³-hybridized carbons (Fsp3) is 0.353. The Morgan fingerprint density at radius 1 is 1.35 bits per heavy atom. The van der Waals surface area contributed by atoms with Crippen LogP contribution in [0.25, 0.3) is 0 Å². The van der Waals surface area contributed by atoms with E-state index in [0.29, 0.717) is 12.1 Å². The summed E-state index contributed by atoms with van der Waals surface area (Å²) in [4.78, 5) is 2.07. The number of ether oxygens (including phenoxy) is 2. The molecule has 0 amide bonds. The molecule has 2 aliphatic rings. The van der Waals surface area contributed by atoms with E-state index in [0.717, 1.165) is 31.0 Å². The van der Waals surface area contributed by atoms with Crippen LogP contribution < -0.4 is 15.8 Å². The number of nitrogens with two attached hydrogens (primary N) is 1. The summed E-state index contributed by atoms with van der Waals surface area (Å²) in [6.45, 7) is 2.00. The van der Waals surface area contributed by atoms with Crippen LogP contribution in [-0.2, 0) is 4.74 Å². The van der Waals surface area contributed by atoms with E-state index in [1.807, 2.05) is 0 Å². The van der Waals surface area contributed by atoms with E-state index in [9.17, 15) is 13.2 Å². The van der Waals surface area contributed by atoms with Gasteiger partial charge in [0.05, 0.1) is 11.8 Å². The molecule has 2 aliphatic heterocycles. The van der Waals surface area contributed by atoms with Gasteiger partial charge in [0.15, 0.2) is 0 Å². The zero-order valence-corrected chi connectivity index (χ0v) is 14.1. The summed E-state index contributed by atoms with van der Waals surface area (Å²) in [5, 5.41) is 11.6. The molecule has 140 valence electrons. The van der Waals surface area contributed by atoms with Gasteiger partial charge in [-0.15, -0.1) is 13.2 Å². The van der Waals surface area contributed by atoms with Gasteiger partial charge < -0.3 is 25.4 Å². The Kier molecular flexibility index (Phi) is 4.82. The average Bonchev–Trinajstić information content (AvgIpc) is 2.54. The molecule has 0 spiro atoms. The number of rotatable bonds is 5. The van der Waals surface area contributed by atoms with Crippen LogP contribution >= 0.6 is 0 Å². The van der Waals surface area contributed by atoms with Gasteiger partial charge in [-0.2, -0.15) is 0 Å². The number of hydrogen-bond donors (Lipinski definition) is 3. The van der Waals surface area contributed by atoms with Crippen LogP contribution in [-0.4, -0.2) is 49.8 Å². The van der Waals surface area contributed by atoms with Crippen LogP contribution in [0.15, 0.2) is 41.7 Å². The van der Waals surface area contributed by atoms with Crippen molar-refractivity contribution in [1.29, 1.82) is 5.41 Å². The zero-order chi connectivity index (χ0) is 18.9. The van der Waals surface area contributed by atoms with E-state index in [-0.39, 0.29) is 23.1 Å². The summed E-state index contributed by atoms with van der Waals surface area (Å²) in [6, 6.07) is 3.56. The van der Waals surface area contributed by atoms with Crippen molar-refractivity contribution in [2.45, 2.75) is 12.5 Å². The number of allylic oxidation sites excluding steroid dienone is 2. The van der Waals surface area contributed by atoms with Gasteiger partial charge in [0.25, 0.3) is 0 Å². The molecule has 0 aliphatic carbocycles. The first-order valence-electron chi connectivity index (χ1n) is 7.95. The molecule has 4 N–H and O–H groups in total. The third-order valence-corrected chi connectivity index (χ3v) is 4.24. The van der Waals surface area contributed by atoms with E-state index in [4.69, 9.17) is 15.9 Å². The number of halogens is 3. The fourth-order valence-corrected chi connectivity index (χ4v) is 2.79. The Morgan fingerprint density at radius 2 is 2.08 bits per heavy atom. The molecular weight excluding hydrogens is 349 g/mol. The van der Waals surface area contributed by atoms with Crippen molar-refractivity contribution in [3.05, 3.63) is 47.3 Å². The summed E-state index contributed by atoms with van der Waals surface area (Å²) < 4.78 is 46.4. The second-order valence-electron chi connectivity index (χ2n) is 6.00. The molecule has 0 bridgehead atoms. The number of nitrogen functional groups attached to an aromatic ring is 1. The summed E-state index contributed by atoms with van der Waals surface area (Å²) in [7, 11) is 1.66. The summed E-state index contributed by atoms with van der Waals surface area (Å²) >= 11 is 0. The van der Waals surface area contributed by atoms with Crippen LogP contribution in [0.4, 0.5) is 18.9 Å². The number of methoxy groups -OCH3 is 1. The first kappa shape index (κ1) is 18.1. The number of anilines is 1. The molecule has 0 atom stereocenters. The molecule has 3 rings (SSSR count). The zero-order valence-electron chi connectivity index (χ0n) is 14.1. The third-order valence-electron chi connectivity index (χ3n) is 4.24. The van der Waals surface area contributed by atoms with Crippen LogP contribution in [0.3, 0.4) is 0 Å². The molecule has 0 saturated carbocycles. The molecule has 0 aromatic heterocycles. The lowest BCUT2D eigenvalue weighted by atomic mass is 9.98. The van der Waals surface area contributed by atoms with Gasteiger partial charge in [-0.05, 0) is 24.3 Å². The second kappa shape index (κ2) is 6.91. The minimum atomic E-state index is -4.80. The number of hydrogen-bond acceptors (Lipinski definition) is 6. The van der Waals surface area contributed by atoms with Gasteiger partial charge >= 0.3 is 6.36 Å². The Morgan fingerprint density at radius 3 is 2.73 bits per heavy atom. The summed E-state index contributed by atoms with van der Waals surface area (Å²) in [6.07, 6.45) is -1.05. The highest BCUT2D eigenvalue weighted by molar-refractivity contribution is 6.15. The maximum absolute atomic E-state index is 12.4. The van der Waals surface area contributed by atoms with E-state index in [2.05, 4.69) is 15.0 Å². The topological polar surface area (TPSA) is 83.6 Å². The lowest BCUT2D eigenvalue weighted by Crippen LogP contribution is -2.53. The van der Waals surface area contributed by atoms with Crippen molar-refractivity contribution < 1.29 is 22.6 Å². The Hall–Kier alpha value is -2.68. The molecule has 1 aromatic rings. The molecule has 0 radical (unpaired) electrons. The van der Waals surface area contributed by atoms with Crippen molar-refractivity contribution in [1.82, 2.24) is 10.2 Å². The lowest BCUT2D eigenvalue weighted by molar-refractivity contribution is -0.274.